The van der Waals surface area contributed by atoms with E-state index >= 15 is 0 Å². The van der Waals surface area contributed by atoms with E-state index in [-0.39, 0.29) is 18.3 Å². The molecule has 40 heavy (non-hydrogen) atoms. The van der Waals surface area contributed by atoms with Crippen molar-refractivity contribution >= 4 is 16.7 Å². The summed E-state index contributed by atoms with van der Waals surface area (Å²) < 4.78 is 13.4. The highest BCUT2D eigenvalue weighted by Crippen LogP contribution is 2.54. The van der Waals surface area contributed by atoms with Crippen LogP contribution in [0.15, 0.2) is 60.7 Å². The minimum Gasteiger partial charge on any atom is -0.508 e. The van der Waals surface area contributed by atoms with Crippen LogP contribution in [0.1, 0.15) is 24.6 Å². The molecule has 0 unspecified atom stereocenters. The number of carbonyl (C=O) groups excluding carboxylic acids is 1. The zero-order valence-electron chi connectivity index (χ0n) is 22.7. The van der Waals surface area contributed by atoms with Gasteiger partial charge < -0.3 is 29.4 Å². The summed E-state index contributed by atoms with van der Waals surface area (Å²) in [7, 11) is 2.10. The molecule has 3 fully saturated rings. The van der Waals surface area contributed by atoms with Crippen molar-refractivity contribution in [1.29, 1.82) is 0 Å². The highest BCUT2D eigenvalue weighted by atomic mass is 16.5. The number of rotatable bonds is 6. The minimum atomic E-state index is -0.0280. The quantitative estimate of drug-likeness (QED) is 0.380. The molecule has 1 aromatic heterocycles. The standard InChI is InChI=1S/C32H34N4O4/c1-35-30(27-15-24(37)14-22-4-2-3-5-26(22)27)29(34-31(35)23-16-32(17-23)19-33-20-32)21-6-8-25(9-7-21)40-18-28(38)36-10-12-39-13-11-36/h2-9,14-15,23,33,37H,10-13,16-20H2,1H3. The van der Waals surface area contributed by atoms with Gasteiger partial charge in [0.1, 0.15) is 17.3 Å². The fourth-order valence-corrected chi connectivity index (χ4v) is 6.57. The highest BCUT2D eigenvalue weighted by Gasteiger charge is 2.50. The van der Waals surface area contributed by atoms with E-state index in [0.29, 0.717) is 43.4 Å². The lowest BCUT2D eigenvalue weighted by Crippen LogP contribution is -2.59. The SMILES string of the molecule is Cn1c(C2CC3(CNC3)C2)nc(-c2ccc(OCC(=O)N3CCOCC3)cc2)c1-c1cc(O)cc2ccccc12. The molecule has 1 aliphatic carbocycles. The second-order valence-electron chi connectivity index (χ2n) is 11.5. The molecule has 1 amide bonds. The highest BCUT2D eigenvalue weighted by molar-refractivity contribution is 6.00. The molecular formula is C32H34N4O4. The number of morpholine rings is 1. The number of aromatic hydroxyl groups is 1. The number of phenols is 1. The number of imidazole rings is 1. The maximum absolute atomic E-state index is 12.5. The van der Waals surface area contributed by atoms with E-state index in [1.54, 1.807) is 11.0 Å². The third-order valence-electron chi connectivity index (χ3n) is 8.81. The Bertz CT molecular complexity index is 1560. The number of hydrogen-bond acceptors (Lipinski definition) is 6. The first-order valence-electron chi connectivity index (χ1n) is 14.1. The number of aromatic nitrogens is 2. The van der Waals surface area contributed by atoms with Crippen LogP contribution in [0, 0.1) is 5.41 Å². The van der Waals surface area contributed by atoms with Crippen molar-refractivity contribution in [1.82, 2.24) is 19.8 Å². The Hall–Kier alpha value is -3.88. The average Bonchev–Trinajstić information content (AvgIpc) is 3.26. The molecule has 8 nitrogen and oxygen atoms in total. The van der Waals surface area contributed by atoms with Crippen LogP contribution in [0.2, 0.25) is 0 Å². The lowest BCUT2D eigenvalue weighted by Gasteiger charge is -2.54. The fourth-order valence-electron chi connectivity index (χ4n) is 6.57. The van der Waals surface area contributed by atoms with Crippen LogP contribution in [-0.2, 0) is 16.6 Å². The molecule has 206 valence electrons. The number of carbonyl (C=O) groups is 1. The summed E-state index contributed by atoms with van der Waals surface area (Å²) in [5, 5.41) is 16.1. The van der Waals surface area contributed by atoms with Gasteiger partial charge in [0.15, 0.2) is 6.61 Å². The predicted octanol–water partition coefficient (Wildman–Crippen LogP) is 4.32. The molecule has 3 aliphatic rings. The van der Waals surface area contributed by atoms with Crippen LogP contribution in [-0.4, -0.2) is 71.5 Å². The number of nitrogens with zero attached hydrogens (tertiary/aromatic N) is 3. The van der Waals surface area contributed by atoms with E-state index in [9.17, 15) is 9.90 Å². The van der Waals surface area contributed by atoms with Gasteiger partial charge in [-0.05, 0) is 65.4 Å². The minimum absolute atomic E-state index is 0.00585. The van der Waals surface area contributed by atoms with Gasteiger partial charge >= 0.3 is 0 Å². The normalized spacial score (nSPS) is 18.5. The van der Waals surface area contributed by atoms with Gasteiger partial charge in [-0.2, -0.15) is 0 Å². The number of amides is 1. The molecule has 3 aromatic carbocycles. The Morgan fingerprint density at radius 2 is 1.85 bits per heavy atom. The molecule has 1 spiro atoms. The number of phenolic OH excluding ortho intramolecular Hbond substituents is 1. The van der Waals surface area contributed by atoms with Gasteiger partial charge in [-0.1, -0.05) is 24.3 Å². The van der Waals surface area contributed by atoms with E-state index in [0.717, 1.165) is 65.0 Å². The van der Waals surface area contributed by atoms with Crippen molar-refractivity contribution in [2.75, 3.05) is 46.0 Å². The van der Waals surface area contributed by atoms with Crippen molar-refractivity contribution in [3.63, 3.8) is 0 Å². The van der Waals surface area contributed by atoms with Crippen molar-refractivity contribution in [3.8, 4) is 34.0 Å². The molecule has 2 saturated heterocycles. The van der Waals surface area contributed by atoms with E-state index < -0.39 is 0 Å². The summed E-state index contributed by atoms with van der Waals surface area (Å²) in [6, 6.07) is 19.6. The fraction of sp³-hybridized carbons (Fsp3) is 0.375. The predicted molar refractivity (Wildman–Crippen MR) is 153 cm³/mol. The molecule has 1 saturated carbocycles. The van der Waals surface area contributed by atoms with E-state index in [4.69, 9.17) is 14.5 Å². The van der Waals surface area contributed by atoms with Crippen molar-refractivity contribution in [3.05, 3.63) is 66.5 Å². The number of benzene rings is 3. The molecular weight excluding hydrogens is 504 g/mol. The molecule has 2 aliphatic heterocycles. The van der Waals surface area contributed by atoms with Gasteiger partial charge in [0.25, 0.3) is 5.91 Å². The first-order chi connectivity index (χ1) is 19.5. The van der Waals surface area contributed by atoms with Gasteiger partial charge in [-0.25, -0.2) is 4.98 Å². The summed E-state index contributed by atoms with van der Waals surface area (Å²) in [4.78, 5) is 19.5. The zero-order valence-corrected chi connectivity index (χ0v) is 22.7. The summed E-state index contributed by atoms with van der Waals surface area (Å²) in [6.07, 6.45) is 2.29. The summed E-state index contributed by atoms with van der Waals surface area (Å²) in [5.74, 6) is 2.35. The molecule has 4 aromatic rings. The third kappa shape index (κ3) is 4.41. The topological polar surface area (TPSA) is 88.9 Å². The Morgan fingerprint density at radius 1 is 1.10 bits per heavy atom. The average molecular weight is 539 g/mol. The van der Waals surface area contributed by atoms with Gasteiger partial charge in [0.05, 0.1) is 24.6 Å². The Labute approximate surface area is 233 Å². The van der Waals surface area contributed by atoms with Gasteiger partial charge in [0, 0.05) is 50.3 Å². The van der Waals surface area contributed by atoms with Crippen molar-refractivity contribution in [2.45, 2.75) is 18.8 Å². The molecule has 0 atom stereocenters. The third-order valence-corrected chi connectivity index (χ3v) is 8.81. The monoisotopic (exact) mass is 538 g/mol. The first kappa shape index (κ1) is 25.1. The Morgan fingerprint density at radius 3 is 2.58 bits per heavy atom. The lowest BCUT2D eigenvalue weighted by atomic mass is 9.58. The van der Waals surface area contributed by atoms with Gasteiger partial charge in [-0.15, -0.1) is 0 Å². The lowest BCUT2D eigenvalue weighted by molar-refractivity contribution is -0.137. The molecule has 3 heterocycles. The number of hydrogen-bond donors (Lipinski definition) is 2. The first-order valence-corrected chi connectivity index (χ1v) is 14.1. The maximum Gasteiger partial charge on any atom is 0.260 e. The Kier molecular flexibility index (Phi) is 6.24. The van der Waals surface area contributed by atoms with E-state index in [1.165, 1.54) is 0 Å². The second-order valence-corrected chi connectivity index (χ2v) is 11.5. The van der Waals surface area contributed by atoms with Gasteiger partial charge in [0.2, 0.25) is 0 Å². The summed E-state index contributed by atoms with van der Waals surface area (Å²) in [6.45, 7) is 4.55. The summed E-state index contributed by atoms with van der Waals surface area (Å²) >= 11 is 0. The molecule has 8 heteroatoms. The van der Waals surface area contributed by atoms with E-state index in [1.807, 2.05) is 48.5 Å². The van der Waals surface area contributed by atoms with Crippen LogP contribution in [0.3, 0.4) is 0 Å². The summed E-state index contributed by atoms with van der Waals surface area (Å²) in [5.41, 5.74) is 4.24. The number of nitrogens with one attached hydrogen (secondary N) is 1. The van der Waals surface area contributed by atoms with Crippen LogP contribution < -0.4 is 10.1 Å². The van der Waals surface area contributed by atoms with Crippen LogP contribution in [0.4, 0.5) is 0 Å². The van der Waals surface area contributed by atoms with Crippen LogP contribution in [0.25, 0.3) is 33.3 Å². The van der Waals surface area contributed by atoms with Gasteiger partial charge in [-0.3, -0.25) is 4.79 Å². The van der Waals surface area contributed by atoms with Crippen molar-refractivity contribution in [2.24, 2.45) is 12.5 Å². The smallest absolute Gasteiger partial charge is 0.260 e. The van der Waals surface area contributed by atoms with E-state index in [2.05, 4.69) is 23.0 Å². The van der Waals surface area contributed by atoms with Crippen LogP contribution in [0.5, 0.6) is 11.5 Å². The molecule has 0 bridgehead atoms. The van der Waals surface area contributed by atoms with Crippen LogP contribution >= 0.6 is 0 Å². The zero-order chi connectivity index (χ0) is 27.3. The van der Waals surface area contributed by atoms with Crippen molar-refractivity contribution < 1.29 is 19.4 Å². The number of fused-ring (bicyclic) bond motifs is 1. The second kappa shape index (κ2) is 9.94. The maximum atomic E-state index is 12.5. The molecule has 2 N–H and O–H groups in total. The molecule has 0 radical (unpaired) electrons. The largest absolute Gasteiger partial charge is 0.508 e. The molecule has 7 rings (SSSR count). The number of ether oxygens (including phenoxy) is 2. The Balaban J connectivity index is 1.22.